The molecule has 1 heteroatoms. The van der Waals surface area contributed by atoms with E-state index in [-0.39, 0.29) is 8.80 Å². The van der Waals surface area contributed by atoms with Crippen LogP contribution in [0.15, 0.2) is 11.3 Å². The average Bonchev–Trinajstić information content (AvgIpc) is 2.39. The number of hydrogen-bond donors (Lipinski definition) is 0. The van der Waals surface area contributed by atoms with Crippen molar-refractivity contribution in [3.63, 3.8) is 0 Å². The third-order valence-corrected chi connectivity index (χ3v) is 7.13. The maximum atomic E-state index is 2.46. The Bertz CT molecular complexity index is 186. The Morgan fingerprint density at radius 3 is 1.67 bits per heavy atom. The number of unbranched alkanes of at least 4 members (excludes halogenated alkanes) is 5. The van der Waals surface area contributed by atoms with Gasteiger partial charge in [-0.15, -0.1) is 0 Å². The first-order valence-electron chi connectivity index (χ1n) is 8.30. The van der Waals surface area contributed by atoms with E-state index >= 15 is 0 Å². The van der Waals surface area contributed by atoms with Crippen molar-refractivity contribution in [2.24, 2.45) is 0 Å². The quantitative estimate of drug-likeness (QED) is 0.278. The average molecular weight is 268 g/mol. The van der Waals surface area contributed by atoms with Crippen LogP contribution < -0.4 is 0 Å². The maximum absolute atomic E-state index is 2.46. The Hall–Kier alpha value is -0.0431. The van der Waals surface area contributed by atoms with Crippen LogP contribution in [-0.4, -0.2) is 8.80 Å². The smallest absolute Gasteiger partial charge is 0.0797 e. The molecule has 0 aliphatic heterocycles. The molecule has 18 heavy (non-hydrogen) atoms. The van der Waals surface area contributed by atoms with Crippen LogP contribution in [0.4, 0.5) is 0 Å². The molecule has 0 amide bonds. The molecule has 0 N–H and O–H groups in total. The molecule has 1 radical (unpaired) electrons. The lowest BCUT2D eigenvalue weighted by atomic mass is 10.2. The molecule has 0 fully saturated rings. The first-order valence-corrected chi connectivity index (χ1v) is 10.2. The predicted octanol–water partition coefficient (Wildman–Crippen LogP) is 6.54. The topological polar surface area (TPSA) is 0 Å². The van der Waals surface area contributed by atoms with Crippen molar-refractivity contribution in [1.29, 1.82) is 0 Å². The third-order valence-electron chi connectivity index (χ3n) is 3.77. The van der Waals surface area contributed by atoms with Gasteiger partial charge in [-0.2, -0.15) is 0 Å². The van der Waals surface area contributed by atoms with Crippen LogP contribution in [0.1, 0.15) is 85.5 Å². The van der Waals surface area contributed by atoms with E-state index in [0.29, 0.717) is 0 Å². The molecule has 0 aliphatic rings. The molecule has 0 aromatic rings. The summed E-state index contributed by atoms with van der Waals surface area (Å²) in [6, 6.07) is 3.07. The van der Waals surface area contributed by atoms with Crippen LogP contribution in [0.3, 0.4) is 0 Å². The van der Waals surface area contributed by atoms with Crippen LogP contribution in [-0.2, 0) is 0 Å². The fraction of sp³-hybridized carbons (Fsp3) is 0.882. The van der Waals surface area contributed by atoms with Gasteiger partial charge >= 0.3 is 0 Å². The molecule has 0 unspecified atom stereocenters. The van der Waals surface area contributed by atoms with Crippen LogP contribution in [0.5, 0.6) is 0 Å². The zero-order valence-electron chi connectivity index (χ0n) is 13.4. The summed E-state index contributed by atoms with van der Waals surface area (Å²) >= 11 is 0. The SMILES string of the molecule is CC=C(CCCC)[Si](CCCCC)CCCCC. The molecule has 0 rings (SSSR count). The monoisotopic (exact) mass is 267 g/mol. The van der Waals surface area contributed by atoms with E-state index in [2.05, 4.69) is 33.8 Å². The van der Waals surface area contributed by atoms with Gasteiger partial charge in [0.2, 0.25) is 0 Å². The fourth-order valence-corrected chi connectivity index (χ4v) is 5.70. The van der Waals surface area contributed by atoms with Crippen molar-refractivity contribution in [2.75, 3.05) is 0 Å². The van der Waals surface area contributed by atoms with Crippen molar-refractivity contribution in [3.8, 4) is 0 Å². The standard InChI is InChI=1S/C17H35Si/c1-5-9-12-15-18(16-13-10-6-2)17(8-4)14-11-7-3/h8H,5-7,9-16H2,1-4H3. The van der Waals surface area contributed by atoms with Crippen molar-refractivity contribution < 1.29 is 0 Å². The fourth-order valence-electron chi connectivity index (χ4n) is 2.52. The molecule has 0 spiro atoms. The molecule has 0 saturated carbocycles. The molecule has 0 aromatic carbocycles. The second kappa shape index (κ2) is 13.4. The molecule has 0 aliphatic carbocycles. The Balaban J connectivity index is 4.21. The first kappa shape index (κ1) is 18.0. The molecular formula is C17H35Si. The summed E-state index contributed by atoms with van der Waals surface area (Å²) in [5.41, 5.74) is 0. The Kier molecular flexibility index (Phi) is 13.4. The van der Waals surface area contributed by atoms with Gasteiger partial charge in [0.15, 0.2) is 0 Å². The zero-order chi connectivity index (χ0) is 13.6. The number of rotatable bonds is 12. The van der Waals surface area contributed by atoms with E-state index in [0.717, 1.165) is 0 Å². The lowest BCUT2D eigenvalue weighted by Crippen LogP contribution is -2.16. The Morgan fingerprint density at radius 1 is 0.778 bits per heavy atom. The summed E-state index contributed by atoms with van der Waals surface area (Å²) in [5.74, 6) is 0. The molecule has 107 valence electrons. The minimum Gasteiger partial charge on any atom is -0.0925 e. The van der Waals surface area contributed by atoms with Crippen molar-refractivity contribution in [3.05, 3.63) is 11.3 Å². The summed E-state index contributed by atoms with van der Waals surface area (Å²) < 4.78 is 0. The van der Waals surface area contributed by atoms with Gasteiger partial charge in [-0.1, -0.05) is 95.5 Å². The molecule has 0 nitrogen and oxygen atoms in total. The summed E-state index contributed by atoms with van der Waals surface area (Å²) in [6.07, 6.45) is 15.1. The van der Waals surface area contributed by atoms with Gasteiger partial charge in [-0.05, 0) is 13.3 Å². The molecule has 0 heterocycles. The summed E-state index contributed by atoms with van der Waals surface area (Å²) in [6.45, 7) is 9.22. The summed E-state index contributed by atoms with van der Waals surface area (Å²) in [5, 5.41) is 1.86. The van der Waals surface area contributed by atoms with E-state index in [1.54, 1.807) is 0 Å². The lowest BCUT2D eigenvalue weighted by Gasteiger charge is -2.18. The Labute approximate surface area is 118 Å². The van der Waals surface area contributed by atoms with Crippen molar-refractivity contribution in [1.82, 2.24) is 0 Å². The van der Waals surface area contributed by atoms with E-state index in [1.165, 1.54) is 69.9 Å². The van der Waals surface area contributed by atoms with Gasteiger partial charge in [-0.3, -0.25) is 0 Å². The third kappa shape index (κ3) is 8.96. The predicted molar refractivity (Wildman–Crippen MR) is 87.7 cm³/mol. The number of hydrogen-bond acceptors (Lipinski definition) is 0. The molecule has 0 saturated heterocycles. The van der Waals surface area contributed by atoms with Gasteiger partial charge in [-0.25, -0.2) is 0 Å². The molecular weight excluding hydrogens is 232 g/mol. The highest BCUT2D eigenvalue weighted by atomic mass is 28.3. The van der Waals surface area contributed by atoms with E-state index in [9.17, 15) is 0 Å². The summed E-state index contributed by atoms with van der Waals surface area (Å²) in [4.78, 5) is 0. The van der Waals surface area contributed by atoms with E-state index < -0.39 is 0 Å². The van der Waals surface area contributed by atoms with Gasteiger partial charge < -0.3 is 0 Å². The van der Waals surface area contributed by atoms with Crippen LogP contribution in [0.2, 0.25) is 12.1 Å². The largest absolute Gasteiger partial charge is 0.0925 e. The highest BCUT2D eigenvalue weighted by molar-refractivity contribution is 6.66. The van der Waals surface area contributed by atoms with Crippen molar-refractivity contribution >= 4 is 8.80 Å². The highest BCUT2D eigenvalue weighted by Gasteiger charge is 2.15. The van der Waals surface area contributed by atoms with Gasteiger partial charge in [0.25, 0.3) is 0 Å². The second-order valence-corrected chi connectivity index (χ2v) is 8.28. The number of allylic oxidation sites excluding steroid dienone is 2. The minimum absolute atomic E-state index is 0.190. The molecule has 0 aromatic heterocycles. The summed E-state index contributed by atoms with van der Waals surface area (Å²) in [7, 11) is -0.190. The lowest BCUT2D eigenvalue weighted by molar-refractivity contribution is 0.741. The van der Waals surface area contributed by atoms with Gasteiger partial charge in [0.1, 0.15) is 0 Å². The second-order valence-electron chi connectivity index (χ2n) is 5.44. The van der Waals surface area contributed by atoms with Gasteiger partial charge in [0.05, 0.1) is 8.80 Å². The van der Waals surface area contributed by atoms with E-state index in [4.69, 9.17) is 0 Å². The van der Waals surface area contributed by atoms with Crippen molar-refractivity contribution in [2.45, 2.75) is 97.6 Å². The van der Waals surface area contributed by atoms with Crippen LogP contribution in [0, 0.1) is 0 Å². The van der Waals surface area contributed by atoms with Crippen LogP contribution >= 0.6 is 0 Å². The van der Waals surface area contributed by atoms with E-state index in [1.807, 2.05) is 5.20 Å². The normalized spacial score (nSPS) is 12.4. The maximum Gasteiger partial charge on any atom is 0.0797 e. The van der Waals surface area contributed by atoms with Crippen LogP contribution in [0.25, 0.3) is 0 Å². The molecule has 0 atom stereocenters. The first-order chi connectivity index (χ1) is 8.79. The highest BCUT2D eigenvalue weighted by Crippen LogP contribution is 2.22. The minimum atomic E-state index is -0.190. The zero-order valence-corrected chi connectivity index (χ0v) is 14.4. The van der Waals surface area contributed by atoms with Gasteiger partial charge in [0, 0.05) is 0 Å². The Morgan fingerprint density at radius 2 is 1.28 bits per heavy atom. The molecule has 0 bridgehead atoms.